The SMILES string of the molecule is COc1ccc(N)c(N(C)Cc2cccnc2)n1. The fraction of sp³-hybridized carbons (Fsp3) is 0.231. The van der Waals surface area contributed by atoms with Gasteiger partial charge in [-0.05, 0) is 17.7 Å². The molecule has 2 rings (SSSR count). The smallest absolute Gasteiger partial charge is 0.215 e. The third-order valence-corrected chi connectivity index (χ3v) is 2.59. The molecule has 5 nitrogen and oxygen atoms in total. The Morgan fingerprint density at radius 3 is 2.83 bits per heavy atom. The van der Waals surface area contributed by atoms with Crippen molar-refractivity contribution in [2.24, 2.45) is 0 Å². The van der Waals surface area contributed by atoms with Gasteiger partial charge < -0.3 is 15.4 Å². The van der Waals surface area contributed by atoms with Crippen LogP contribution >= 0.6 is 0 Å². The average molecular weight is 244 g/mol. The number of pyridine rings is 2. The highest BCUT2D eigenvalue weighted by atomic mass is 16.5. The van der Waals surface area contributed by atoms with Gasteiger partial charge in [-0.3, -0.25) is 4.98 Å². The van der Waals surface area contributed by atoms with Gasteiger partial charge in [-0.2, -0.15) is 4.98 Å². The molecule has 2 aromatic rings. The Kier molecular flexibility index (Phi) is 3.62. The van der Waals surface area contributed by atoms with E-state index in [1.165, 1.54) is 0 Å². The Hall–Kier alpha value is -2.30. The van der Waals surface area contributed by atoms with Crippen molar-refractivity contribution in [1.29, 1.82) is 0 Å². The first-order valence-electron chi connectivity index (χ1n) is 5.61. The van der Waals surface area contributed by atoms with Crippen molar-refractivity contribution >= 4 is 11.5 Å². The Morgan fingerprint density at radius 1 is 1.33 bits per heavy atom. The summed E-state index contributed by atoms with van der Waals surface area (Å²) in [5, 5.41) is 0. The van der Waals surface area contributed by atoms with Crippen molar-refractivity contribution in [3.63, 3.8) is 0 Å². The van der Waals surface area contributed by atoms with Crippen LogP contribution < -0.4 is 15.4 Å². The maximum absolute atomic E-state index is 5.92. The zero-order chi connectivity index (χ0) is 13.0. The van der Waals surface area contributed by atoms with Crippen molar-refractivity contribution in [2.75, 3.05) is 24.8 Å². The van der Waals surface area contributed by atoms with Crippen LogP contribution in [0.5, 0.6) is 5.88 Å². The van der Waals surface area contributed by atoms with E-state index >= 15 is 0 Å². The topological polar surface area (TPSA) is 64.3 Å². The second-order valence-corrected chi connectivity index (χ2v) is 3.98. The van der Waals surface area contributed by atoms with Crippen LogP contribution in [0.3, 0.4) is 0 Å². The highest BCUT2D eigenvalue weighted by Crippen LogP contribution is 2.23. The molecule has 0 unspecified atom stereocenters. The molecule has 0 aliphatic rings. The summed E-state index contributed by atoms with van der Waals surface area (Å²) in [4.78, 5) is 10.4. The van der Waals surface area contributed by atoms with Crippen LogP contribution in [0.4, 0.5) is 11.5 Å². The van der Waals surface area contributed by atoms with Gasteiger partial charge in [0.1, 0.15) is 0 Å². The molecule has 0 bridgehead atoms. The number of rotatable bonds is 4. The lowest BCUT2D eigenvalue weighted by Crippen LogP contribution is -2.19. The second kappa shape index (κ2) is 5.35. The Balaban J connectivity index is 2.20. The second-order valence-electron chi connectivity index (χ2n) is 3.98. The summed E-state index contributed by atoms with van der Waals surface area (Å²) < 4.78 is 5.10. The van der Waals surface area contributed by atoms with E-state index in [-0.39, 0.29) is 0 Å². The number of anilines is 2. The lowest BCUT2D eigenvalue weighted by atomic mass is 10.2. The van der Waals surface area contributed by atoms with Gasteiger partial charge in [0.05, 0.1) is 12.8 Å². The molecule has 0 saturated heterocycles. The molecular formula is C13H16N4O. The predicted octanol–water partition coefficient (Wildman–Crippen LogP) is 1.70. The van der Waals surface area contributed by atoms with Gasteiger partial charge in [-0.15, -0.1) is 0 Å². The summed E-state index contributed by atoms with van der Waals surface area (Å²) in [6.07, 6.45) is 3.58. The van der Waals surface area contributed by atoms with Crippen molar-refractivity contribution in [1.82, 2.24) is 9.97 Å². The highest BCUT2D eigenvalue weighted by molar-refractivity contribution is 5.63. The first-order valence-corrected chi connectivity index (χ1v) is 5.61. The maximum atomic E-state index is 5.92. The van der Waals surface area contributed by atoms with Crippen molar-refractivity contribution in [3.8, 4) is 5.88 Å². The molecule has 2 heterocycles. The summed E-state index contributed by atoms with van der Waals surface area (Å²) in [6, 6.07) is 7.46. The van der Waals surface area contributed by atoms with E-state index in [2.05, 4.69) is 9.97 Å². The number of nitrogen functional groups attached to an aromatic ring is 1. The lowest BCUT2D eigenvalue weighted by Gasteiger charge is -2.20. The molecule has 18 heavy (non-hydrogen) atoms. The van der Waals surface area contributed by atoms with E-state index in [4.69, 9.17) is 10.5 Å². The Bertz CT molecular complexity index is 516. The first kappa shape index (κ1) is 12.2. The number of hydrogen-bond donors (Lipinski definition) is 1. The molecule has 0 aliphatic heterocycles. The Labute approximate surface area is 106 Å². The number of nitrogens with two attached hydrogens (primary N) is 1. The van der Waals surface area contributed by atoms with Gasteiger partial charge >= 0.3 is 0 Å². The van der Waals surface area contributed by atoms with Crippen molar-refractivity contribution in [3.05, 3.63) is 42.2 Å². The van der Waals surface area contributed by atoms with Crippen molar-refractivity contribution < 1.29 is 4.74 Å². The number of hydrogen-bond acceptors (Lipinski definition) is 5. The molecule has 5 heteroatoms. The van der Waals surface area contributed by atoms with Gasteiger partial charge in [0.15, 0.2) is 5.82 Å². The maximum Gasteiger partial charge on any atom is 0.215 e. The molecule has 0 fully saturated rings. The number of aromatic nitrogens is 2. The minimum Gasteiger partial charge on any atom is -0.481 e. The summed E-state index contributed by atoms with van der Waals surface area (Å²) in [6.45, 7) is 0.693. The van der Waals surface area contributed by atoms with Gasteiger partial charge in [-0.1, -0.05) is 6.07 Å². The summed E-state index contributed by atoms with van der Waals surface area (Å²) in [7, 11) is 3.52. The summed E-state index contributed by atoms with van der Waals surface area (Å²) in [5.74, 6) is 1.26. The quantitative estimate of drug-likeness (QED) is 0.886. The van der Waals surface area contributed by atoms with Gasteiger partial charge in [0.25, 0.3) is 0 Å². The van der Waals surface area contributed by atoms with Gasteiger partial charge in [0.2, 0.25) is 5.88 Å². The standard InChI is InChI=1S/C13H16N4O/c1-17(9-10-4-3-7-15-8-10)13-11(14)5-6-12(16-13)18-2/h3-8H,9,14H2,1-2H3. The largest absolute Gasteiger partial charge is 0.481 e. The predicted molar refractivity (Wildman–Crippen MR) is 71.5 cm³/mol. The van der Waals surface area contributed by atoms with E-state index in [1.807, 2.05) is 30.3 Å². The van der Waals surface area contributed by atoms with Gasteiger partial charge in [0, 0.05) is 32.1 Å². The molecule has 0 aliphatic carbocycles. The normalized spacial score (nSPS) is 10.1. The fourth-order valence-electron chi connectivity index (χ4n) is 1.70. The zero-order valence-electron chi connectivity index (χ0n) is 10.5. The van der Waals surface area contributed by atoms with Gasteiger partial charge in [-0.25, -0.2) is 0 Å². The molecule has 0 aromatic carbocycles. The summed E-state index contributed by atoms with van der Waals surface area (Å²) in [5.41, 5.74) is 7.65. The molecule has 0 atom stereocenters. The number of nitrogens with zero attached hydrogens (tertiary/aromatic N) is 3. The average Bonchev–Trinajstić information content (AvgIpc) is 2.40. The first-order chi connectivity index (χ1) is 8.70. The minimum absolute atomic E-state index is 0.553. The Morgan fingerprint density at radius 2 is 2.17 bits per heavy atom. The molecule has 2 N–H and O–H groups in total. The molecule has 94 valence electrons. The van der Waals surface area contributed by atoms with Crippen LogP contribution in [-0.2, 0) is 6.54 Å². The molecule has 0 radical (unpaired) electrons. The van der Waals surface area contributed by atoms with E-state index in [0.29, 0.717) is 23.9 Å². The number of methoxy groups -OCH3 is 1. The van der Waals surface area contributed by atoms with E-state index in [9.17, 15) is 0 Å². The summed E-state index contributed by atoms with van der Waals surface area (Å²) >= 11 is 0. The minimum atomic E-state index is 0.553. The van der Waals surface area contributed by atoms with Crippen LogP contribution in [0.15, 0.2) is 36.7 Å². The molecular weight excluding hydrogens is 228 g/mol. The van der Waals surface area contributed by atoms with Crippen LogP contribution in [-0.4, -0.2) is 24.1 Å². The van der Waals surface area contributed by atoms with Crippen LogP contribution in [0.1, 0.15) is 5.56 Å². The lowest BCUT2D eigenvalue weighted by molar-refractivity contribution is 0.398. The molecule has 0 saturated carbocycles. The fourth-order valence-corrected chi connectivity index (χ4v) is 1.70. The monoisotopic (exact) mass is 244 g/mol. The van der Waals surface area contributed by atoms with Crippen molar-refractivity contribution in [2.45, 2.75) is 6.54 Å². The van der Waals surface area contributed by atoms with E-state index in [1.54, 1.807) is 25.4 Å². The van der Waals surface area contributed by atoms with Crippen LogP contribution in [0, 0.1) is 0 Å². The third-order valence-electron chi connectivity index (χ3n) is 2.59. The molecule has 2 aromatic heterocycles. The van der Waals surface area contributed by atoms with E-state index in [0.717, 1.165) is 5.56 Å². The highest BCUT2D eigenvalue weighted by Gasteiger charge is 2.09. The molecule has 0 amide bonds. The van der Waals surface area contributed by atoms with E-state index < -0.39 is 0 Å². The molecule has 0 spiro atoms. The van der Waals surface area contributed by atoms with Crippen LogP contribution in [0.25, 0.3) is 0 Å². The zero-order valence-corrected chi connectivity index (χ0v) is 10.5. The van der Waals surface area contributed by atoms with Crippen LogP contribution in [0.2, 0.25) is 0 Å². The third kappa shape index (κ3) is 2.68. The number of ether oxygens (including phenoxy) is 1.